The lowest BCUT2D eigenvalue weighted by Crippen LogP contribution is -2.55. The van der Waals surface area contributed by atoms with E-state index in [-0.39, 0.29) is 11.9 Å². The number of hydrogen-bond acceptors (Lipinski definition) is 7. The van der Waals surface area contributed by atoms with Crippen molar-refractivity contribution in [1.29, 1.82) is 5.26 Å². The smallest absolute Gasteiger partial charge is 0.240 e. The number of aromatic nitrogens is 2. The zero-order chi connectivity index (χ0) is 27.2. The molecule has 4 rings (SSSR count). The lowest BCUT2D eigenvalue weighted by molar-refractivity contribution is -0.139. The summed E-state index contributed by atoms with van der Waals surface area (Å²) in [6.07, 6.45) is 7.38. The Hall–Kier alpha value is -3.70. The van der Waals surface area contributed by atoms with Crippen LogP contribution in [-0.4, -0.2) is 76.6 Å². The summed E-state index contributed by atoms with van der Waals surface area (Å²) < 4.78 is 0. The number of anilines is 1. The van der Waals surface area contributed by atoms with E-state index in [9.17, 15) is 10.1 Å². The van der Waals surface area contributed by atoms with Crippen LogP contribution < -0.4 is 15.8 Å². The van der Waals surface area contributed by atoms with Gasteiger partial charge in [-0.25, -0.2) is 0 Å². The quantitative estimate of drug-likeness (QED) is 0.634. The highest BCUT2D eigenvalue weighted by Crippen LogP contribution is 2.19. The third-order valence-corrected chi connectivity index (χ3v) is 7.90. The second kappa shape index (κ2) is 12.2. The largest absolute Gasteiger partial charge is 0.368 e. The minimum Gasteiger partial charge on any atom is -0.368 e. The fourth-order valence-electron chi connectivity index (χ4n) is 5.44. The fourth-order valence-corrected chi connectivity index (χ4v) is 5.44. The first-order chi connectivity index (χ1) is 18.3. The van der Waals surface area contributed by atoms with Crippen molar-refractivity contribution in [1.82, 2.24) is 24.9 Å². The molecule has 3 heterocycles. The van der Waals surface area contributed by atoms with E-state index in [1.165, 1.54) is 6.42 Å². The van der Waals surface area contributed by atoms with E-state index >= 15 is 0 Å². The van der Waals surface area contributed by atoms with Crippen LogP contribution in [0.1, 0.15) is 48.6 Å². The molecule has 1 unspecified atom stereocenters. The van der Waals surface area contributed by atoms with Crippen LogP contribution in [0.4, 0.5) is 5.82 Å². The molecule has 0 saturated carbocycles. The van der Waals surface area contributed by atoms with E-state index in [1.807, 2.05) is 49.9 Å². The number of likely N-dealkylation sites (tertiary alicyclic amines) is 1. The van der Waals surface area contributed by atoms with Crippen LogP contribution >= 0.6 is 0 Å². The van der Waals surface area contributed by atoms with Crippen LogP contribution in [0, 0.1) is 25.2 Å². The standard InChI is InChI=1S/C30H39N7O/c1-6-26-23(4)33-34-29(32-20-25-11-9-10-24(19-31)22(25)3)27(26)18-21(2)36-14-16-37(17-15-36)30(38)28-12-7-8-13-35(28)5/h6,9-11,18,28H,2,7-8,12-17,20H2,1,3-5H3,(H,32,34)/b26-6-,27-18+. The lowest BCUT2D eigenvalue weighted by Gasteiger charge is -2.40. The van der Waals surface area contributed by atoms with Gasteiger partial charge in [-0.15, -0.1) is 5.10 Å². The number of piperidine rings is 1. The first-order valence-electron chi connectivity index (χ1n) is 13.5. The molecule has 0 bridgehead atoms. The van der Waals surface area contributed by atoms with Crippen LogP contribution in [0.15, 0.2) is 30.5 Å². The lowest BCUT2D eigenvalue weighted by atomic mass is 10.0. The second-order valence-corrected chi connectivity index (χ2v) is 10.2. The van der Waals surface area contributed by atoms with Crippen molar-refractivity contribution in [2.75, 3.05) is 45.1 Å². The Morgan fingerprint density at radius 2 is 1.87 bits per heavy atom. The van der Waals surface area contributed by atoms with Gasteiger partial charge >= 0.3 is 0 Å². The topological polar surface area (TPSA) is 88.4 Å². The summed E-state index contributed by atoms with van der Waals surface area (Å²) in [5.74, 6) is 0.946. The highest BCUT2D eigenvalue weighted by molar-refractivity contribution is 5.82. The molecule has 2 aliphatic rings. The average molecular weight is 514 g/mol. The molecule has 2 fully saturated rings. The Bertz CT molecular complexity index is 1350. The number of carbonyl (C=O) groups excluding carboxylic acids is 1. The molecule has 0 radical (unpaired) electrons. The molecular weight excluding hydrogens is 474 g/mol. The minimum atomic E-state index is 0.0182. The van der Waals surface area contributed by atoms with Gasteiger partial charge in [0.25, 0.3) is 0 Å². The van der Waals surface area contributed by atoms with Crippen LogP contribution in [0.25, 0.3) is 12.2 Å². The number of allylic oxidation sites excluding steroid dienone is 1. The maximum atomic E-state index is 13.1. The van der Waals surface area contributed by atoms with Crippen LogP contribution in [0.2, 0.25) is 0 Å². The number of hydrogen-bond donors (Lipinski definition) is 1. The number of carbonyl (C=O) groups is 1. The van der Waals surface area contributed by atoms with E-state index < -0.39 is 0 Å². The number of nitriles is 1. The van der Waals surface area contributed by atoms with Crippen molar-refractivity contribution in [2.24, 2.45) is 0 Å². The Kier molecular flexibility index (Phi) is 8.80. The van der Waals surface area contributed by atoms with Gasteiger partial charge in [0, 0.05) is 48.9 Å². The number of benzene rings is 1. The highest BCUT2D eigenvalue weighted by Gasteiger charge is 2.31. The Balaban J connectivity index is 1.51. The zero-order valence-corrected chi connectivity index (χ0v) is 23.1. The van der Waals surface area contributed by atoms with Gasteiger partial charge in [-0.05, 0) is 70.5 Å². The number of amides is 1. The molecule has 8 nitrogen and oxygen atoms in total. The summed E-state index contributed by atoms with van der Waals surface area (Å²) in [4.78, 5) is 19.6. The second-order valence-electron chi connectivity index (χ2n) is 10.2. The summed E-state index contributed by atoms with van der Waals surface area (Å²) in [5, 5.41) is 23.6. The molecule has 2 aromatic rings. The van der Waals surface area contributed by atoms with Crippen LogP contribution in [0.5, 0.6) is 0 Å². The highest BCUT2D eigenvalue weighted by atomic mass is 16.2. The van der Waals surface area contributed by atoms with Gasteiger partial charge in [0.15, 0.2) is 5.82 Å². The molecular formula is C30H39N7O. The summed E-state index contributed by atoms with van der Waals surface area (Å²) in [6.45, 7) is 14.8. The molecule has 200 valence electrons. The predicted molar refractivity (Wildman–Crippen MR) is 151 cm³/mol. The van der Waals surface area contributed by atoms with Gasteiger partial charge < -0.3 is 15.1 Å². The SMILES string of the molecule is C=C(/C=c1/c(NCc2cccc(C#N)c2C)nnc(C)/c1=C/C)N1CCN(C(=O)C2CCCCN2C)CC1. The molecule has 0 spiro atoms. The zero-order valence-electron chi connectivity index (χ0n) is 23.1. The first kappa shape index (κ1) is 27.3. The first-order valence-corrected chi connectivity index (χ1v) is 13.5. The van der Waals surface area contributed by atoms with Gasteiger partial charge in [-0.2, -0.15) is 10.4 Å². The summed E-state index contributed by atoms with van der Waals surface area (Å²) in [7, 11) is 2.06. The third-order valence-electron chi connectivity index (χ3n) is 7.90. The molecule has 2 saturated heterocycles. The molecule has 0 aliphatic carbocycles. The molecule has 8 heteroatoms. The molecule has 1 atom stereocenters. The van der Waals surface area contributed by atoms with Crippen LogP contribution in [0.3, 0.4) is 0 Å². The molecule has 1 aromatic heterocycles. The van der Waals surface area contributed by atoms with E-state index in [4.69, 9.17) is 0 Å². The van der Waals surface area contributed by atoms with E-state index in [2.05, 4.69) is 51.1 Å². The monoisotopic (exact) mass is 513 g/mol. The molecule has 1 aromatic carbocycles. The minimum absolute atomic E-state index is 0.0182. The number of nitrogens with one attached hydrogen (secondary N) is 1. The summed E-state index contributed by atoms with van der Waals surface area (Å²) in [6, 6.07) is 8.03. The Labute approximate surface area is 225 Å². The van der Waals surface area contributed by atoms with Crippen molar-refractivity contribution < 1.29 is 4.79 Å². The van der Waals surface area contributed by atoms with Crippen LogP contribution in [-0.2, 0) is 11.3 Å². The molecule has 1 amide bonds. The fraction of sp³-hybridized carbons (Fsp3) is 0.467. The molecule has 1 N–H and O–H groups in total. The number of nitrogens with zero attached hydrogens (tertiary/aromatic N) is 6. The maximum Gasteiger partial charge on any atom is 0.240 e. The van der Waals surface area contributed by atoms with E-state index in [1.54, 1.807) is 0 Å². The van der Waals surface area contributed by atoms with Crippen molar-refractivity contribution in [3.8, 4) is 6.07 Å². The molecule has 38 heavy (non-hydrogen) atoms. The normalized spacial score (nSPS) is 19.4. The Morgan fingerprint density at radius 3 is 2.55 bits per heavy atom. The van der Waals surface area contributed by atoms with Crippen molar-refractivity contribution >= 4 is 23.9 Å². The summed E-state index contributed by atoms with van der Waals surface area (Å²) in [5.41, 5.74) is 4.43. The van der Waals surface area contributed by atoms with Gasteiger partial charge in [0.2, 0.25) is 5.91 Å². The van der Waals surface area contributed by atoms with Gasteiger partial charge in [-0.3, -0.25) is 9.69 Å². The summed E-state index contributed by atoms with van der Waals surface area (Å²) >= 11 is 0. The predicted octanol–water partition coefficient (Wildman–Crippen LogP) is 2.30. The maximum absolute atomic E-state index is 13.1. The third kappa shape index (κ3) is 5.89. The van der Waals surface area contributed by atoms with Gasteiger partial charge in [0.1, 0.15) is 0 Å². The number of likely N-dealkylation sites (N-methyl/N-ethyl adjacent to an activating group) is 1. The average Bonchev–Trinajstić information content (AvgIpc) is 2.93. The number of aryl methyl sites for hydroxylation is 1. The Morgan fingerprint density at radius 1 is 1.13 bits per heavy atom. The van der Waals surface area contributed by atoms with Crippen molar-refractivity contribution in [3.05, 3.63) is 63.3 Å². The number of piperazine rings is 1. The molecule has 2 aliphatic heterocycles. The van der Waals surface area contributed by atoms with Crippen molar-refractivity contribution in [3.63, 3.8) is 0 Å². The number of rotatable bonds is 6. The van der Waals surface area contributed by atoms with E-state index in [0.29, 0.717) is 31.0 Å². The van der Waals surface area contributed by atoms with E-state index in [0.717, 1.165) is 65.4 Å². The van der Waals surface area contributed by atoms with Gasteiger partial charge in [0.05, 0.1) is 23.4 Å². The van der Waals surface area contributed by atoms with Gasteiger partial charge in [-0.1, -0.05) is 31.2 Å². The van der Waals surface area contributed by atoms with Crippen molar-refractivity contribution in [2.45, 2.75) is 52.6 Å².